The number of cyclic esters (lactones) is 1. The van der Waals surface area contributed by atoms with Gasteiger partial charge in [-0.1, -0.05) is 19.9 Å². The van der Waals surface area contributed by atoms with Crippen molar-refractivity contribution in [3.8, 4) is 0 Å². The number of ether oxygens (including phenoxy) is 1. The topological polar surface area (TPSA) is 79.3 Å². The molecule has 0 N–H and O–H groups in total. The Balaban J connectivity index is 1.92. The molecule has 1 aromatic carbocycles. The third kappa shape index (κ3) is 3.58. The van der Waals surface area contributed by atoms with Gasteiger partial charge in [0.15, 0.2) is 5.70 Å². The van der Waals surface area contributed by atoms with Gasteiger partial charge in [-0.25, -0.2) is 18.2 Å². The van der Waals surface area contributed by atoms with E-state index in [1.165, 1.54) is 16.4 Å². The lowest BCUT2D eigenvalue weighted by molar-refractivity contribution is -0.130. The lowest BCUT2D eigenvalue weighted by atomic mass is 10.2. The third-order valence-corrected chi connectivity index (χ3v) is 6.40. The van der Waals surface area contributed by atoms with E-state index in [2.05, 4.69) is 4.99 Å². The lowest BCUT2D eigenvalue weighted by Crippen LogP contribution is -2.30. The highest BCUT2D eigenvalue weighted by Crippen LogP contribution is 2.24. The third-order valence-electron chi connectivity index (χ3n) is 4.34. The van der Waals surface area contributed by atoms with Gasteiger partial charge in [-0.05, 0) is 36.4 Å². The number of allylic oxidation sites excluding steroid dienone is 3. The molecule has 0 unspecified atom stereocenters. The van der Waals surface area contributed by atoms with Crippen molar-refractivity contribution in [2.24, 2.45) is 4.99 Å². The predicted molar refractivity (Wildman–Crippen MR) is 102 cm³/mol. The second kappa shape index (κ2) is 7.50. The molecule has 0 bridgehead atoms. The van der Waals surface area contributed by atoms with E-state index in [0.717, 1.165) is 0 Å². The van der Waals surface area contributed by atoms with E-state index < -0.39 is 16.0 Å². The first-order valence-electron chi connectivity index (χ1n) is 8.62. The Morgan fingerprint density at radius 2 is 1.78 bits per heavy atom. The predicted octanol–water partition coefficient (Wildman–Crippen LogP) is 2.25. The minimum atomic E-state index is -3.53. The average molecular weight is 387 g/mol. The monoisotopic (exact) mass is 387 g/mol. The highest BCUT2D eigenvalue weighted by atomic mass is 32.2. The van der Waals surface area contributed by atoms with Gasteiger partial charge in [-0.3, -0.25) is 0 Å². The number of carbonyl (C=O) groups is 1. The molecule has 0 aliphatic carbocycles. The SMILES string of the molecule is CCN(CC)S(=O)(=O)c1ccc(C2=N/C(=C3/C=CC=CN3C)C(=O)O2)cc1. The van der Waals surface area contributed by atoms with Crippen LogP contribution in [0.3, 0.4) is 0 Å². The van der Waals surface area contributed by atoms with Crippen molar-refractivity contribution in [2.75, 3.05) is 20.1 Å². The Bertz CT molecular complexity index is 969. The largest absolute Gasteiger partial charge is 0.402 e. The Morgan fingerprint density at radius 3 is 2.37 bits per heavy atom. The van der Waals surface area contributed by atoms with Crippen LogP contribution in [0.1, 0.15) is 19.4 Å². The first-order valence-corrected chi connectivity index (χ1v) is 10.1. The van der Waals surface area contributed by atoms with E-state index in [9.17, 15) is 13.2 Å². The summed E-state index contributed by atoms with van der Waals surface area (Å²) in [7, 11) is -1.72. The number of hydrogen-bond donors (Lipinski definition) is 0. The summed E-state index contributed by atoms with van der Waals surface area (Å²) >= 11 is 0. The zero-order chi connectivity index (χ0) is 19.6. The molecule has 0 amide bonds. The zero-order valence-electron chi connectivity index (χ0n) is 15.4. The highest BCUT2D eigenvalue weighted by molar-refractivity contribution is 7.89. The molecule has 27 heavy (non-hydrogen) atoms. The average Bonchev–Trinajstić information content (AvgIpc) is 3.04. The maximum Gasteiger partial charge on any atom is 0.366 e. The van der Waals surface area contributed by atoms with Crippen LogP contribution in [0.2, 0.25) is 0 Å². The van der Waals surface area contributed by atoms with E-state index in [1.54, 1.807) is 37.0 Å². The summed E-state index contributed by atoms with van der Waals surface area (Å²) in [5.74, 6) is -0.378. The van der Waals surface area contributed by atoms with Crippen LogP contribution >= 0.6 is 0 Å². The van der Waals surface area contributed by atoms with Crippen LogP contribution in [0.5, 0.6) is 0 Å². The van der Waals surface area contributed by atoms with Crippen LogP contribution in [0, 0.1) is 0 Å². The minimum Gasteiger partial charge on any atom is -0.402 e. The number of nitrogens with zero attached hydrogens (tertiary/aromatic N) is 3. The van der Waals surface area contributed by atoms with Crippen molar-refractivity contribution >= 4 is 21.9 Å². The van der Waals surface area contributed by atoms with Crippen molar-refractivity contribution in [1.82, 2.24) is 9.21 Å². The molecule has 8 heteroatoms. The van der Waals surface area contributed by atoms with Gasteiger partial charge in [0.2, 0.25) is 15.9 Å². The van der Waals surface area contributed by atoms with Crippen LogP contribution in [0.4, 0.5) is 0 Å². The molecule has 2 heterocycles. The van der Waals surface area contributed by atoms with Crippen molar-refractivity contribution in [3.63, 3.8) is 0 Å². The molecule has 2 aliphatic rings. The fourth-order valence-corrected chi connectivity index (χ4v) is 4.30. The molecule has 7 nitrogen and oxygen atoms in total. The Morgan fingerprint density at radius 1 is 1.11 bits per heavy atom. The molecule has 0 aromatic heterocycles. The maximum atomic E-state index is 12.6. The van der Waals surface area contributed by atoms with E-state index >= 15 is 0 Å². The van der Waals surface area contributed by atoms with Crippen LogP contribution in [0.25, 0.3) is 0 Å². The number of benzene rings is 1. The molecule has 0 spiro atoms. The second-order valence-electron chi connectivity index (χ2n) is 5.97. The summed E-state index contributed by atoms with van der Waals surface area (Å²) in [4.78, 5) is 18.5. The molecule has 0 saturated carbocycles. The maximum absolute atomic E-state index is 12.6. The van der Waals surface area contributed by atoms with Crippen LogP contribution in [-0.4, -0.2) is 49.6 Å². The quantitative estimate of drug-likeness (QED) is 0.572. The van der Waals surface area contributed by atoms with E-state index in [-0.39, 0.29) is 16.5 Å². The molecule has 0 atom stereocenters. The fraction of sp³-hybridized carbons (Fsp3) is 0.263. The molecule has 0 fully saturated rings. The highest BCUT2D eigenvalue weighted by Gasteiger charge is 2.29. The Labute approximate surface area is 159 Å². The zero-order valence-corrected chi connectivity index (χ0v) is 16.2. The van der Waals surface area contributed by atoms with E-state index in [4.69, 9.17) is 4.74 Å². The molecule has 1 aromatic rings. The lowest BCUT2D eigenvalue weighted by Gasteiger charge is -2.18. The summed E-state index contributed by atoms with van der Waals surface area (Å²) in [6, 6.07) is 6.19. The summed E-state index contributed by atoms with van der Waals surface area (Å²) < 4.78 is 31.8. The van der Waals surface area contributed by atoms with Crippen molar-refractivity contribution < 1.29 is 17.9 Å². The van der Waals surface area contributed by atoms with Gasteiger partial charge >= 0.3 is 5.97 Å². The van der Waals surface area contributed by atoms with E-state index in [1.807, 2.05) is 25.4 Å². The Hall–Kier alpha value is -2.71. The van der Waals surface area contributed by atoms with Crippen molar-refractivity contribution in [1.29, 1.82) is 0 Å². The van der Waals surface area contributed by atoms with Crippen molar-refractivity contribution in [2.45, 2.75) is 18.7 Å². The first kappa shape index (κ1) is 19.1. The number of esters is 1. The van der Waals surface area contributed by atoms with Gasteiger partial charge in [0.05, 0.1) is 10.6 Å². The van der Waals surface area contributed by atoms with Crippen LogP contribution in [-0.2, 0) is 19.6 Å². The normalized spacial score (nSPS) is 19.6. The standard InChI is InChI=1S/C19H21N3O4S/c1-4-22(5-2)27(24,25)15-11-9-14(10-12-15)18-20-17(19(23)26-18)16-8-6-7-13-21(16)3/h6-13H,4-5H2,1-3H3/b17-16-. The number of rotatable bonds is 5. The van der Waals surface area contributed by atoms with Gasteiger partial charge in [0.25, 0.3) is 0 Å². The van der Waals surface area contributed by atoms with Crippen LogP contribution in [0.15, 0.2) is 70.0 Å². The summed E-state index contributed by atoms with van der Waals surface area (Å²) in [5, 5.41) is 0. The molecule has 2 aliphatic heterocycles. The van der Waals surface area contributed by atoms with Crippen LogP contribution < -0.4 is 0 Å². The van der Waals surface area contributed by atoms with Gasteiger partial charge in [0.1, 0.15) is 0 Å². The first-order chi connectivity index (χ1) is 12.9. The number of aliphatic imine (C=N–C) groups is 1. The van der Waals surface area contributed by atoms with Gasteiger partial charge < -0.3 is 9.64 Å². The molecular formula is C19H21N3O4S. The number of likely N-dealkylation sites (N-methyl/N-ethyl adjacent to an activating group) is 1. The second-order valence-corrected chi connectivity index (χ2v) is 7.90. The molecular weight excluding hydrogens is 366 g/mol. The minimum absolute atomic E-state index is 0.158. The molecule has 3 rings (SSSR count). The molecule has 142 valence electrons. The van der Waals surface area contributed by atoms with Crippen molar-refractivity contribution in [3.05, 3.63) is 65.7 Å². The molecule has 0 saturated heterocycles. The number of carbonyl (C=O) groups excluding carboxylic acids is 1. The number of sulfonamides is 1. The fourth-order valence-electron chi connectivity index (χ4n) is 2.84. The van der Waals surface area contributed by atoms with E-state index in [0.29, 0.717) is 24.4 Å². The Kier molecular flexibility index (Phi) is 5.29. The number of hydrogen-bond acceptors (Lipinski definition) is 6. The van der Waals surface area contributed by atoms with Gasteiger partial charge in [-0.15, -0.1) is 0 Å². The summed E-state index contributed by atoms with van der Waals surface area (Å²) in [5.41, 5.74) is 1.39. The summed E-state index contributed by atoms with van der Waals surface area (Å²) in [6.07, 6.45) is 7.26. The van der Waals surface area contributed by atoms with Gasteiger partial charge in [0, 0.05) is 31.9 Å². The van der Waals surface area contributed by atoms with Gasteiger partial charge in [-0.2, -0.15) is 4.31 Å². The molecule has 0 radical (unpaired) electrons. The smallest absolute Gasteiger partial charge is 0.366 e. The summed E-state index contributed by atoms with van der Waals surface area (Å²) in [6.45, 7) is 4.39.